The first-order valence-corrected chi connectivity index (χ1v) is 5.42. The van der Waals surface area contributed by atoms with E-state index in [2.05, 4.69) is 5.32 Å². The molecule has 0 aromatic heterocycles. The van der Waals surface area contributed by atoms with Crippen LogP contribution >= 0.6 is 0 Å². The quantitative estimate of drug-likeness (QED) is 0.626. The predicted octanol–water partition coefficient (Wildman–Crippen LogP) is 1.37. The van der Waals surface area contributed by atoms with Gasteiger partial charge in [-0.25, -0.2) is 8.78 Å². The number of carbonyl (C=O) groups excluding carboxylic acids is 1. The second-order valence-electron chi connectivity index (χ2n) is 3.93. The maximum atomic E-state index is 13.0. The topological polar surface area (TPSA) is 92.5 Å². The van der Waals surface area contributed by atoms with E-state index in [0.29, 0.717) is 12.1 Å². The van der Waals surface area contributed by atoms with Gasteiger partial charge < -0.3 is 10.4 Å². The maximum Gasteiger partial charge on any atom is 0.285 e. The molecule has 1 aromatic rings. The molecule has 0 spiro atoms. The SMILES string of the molecule is CC(O)CCNC(=O)c1cc(F)c(F)cc1[N+](=O)[O-]. The minimum atomic E-state index is -1.40. The number of hydrogen-bond acceptors (Lipinski definition) is 4. The van der Waals surface area contributed by atoms with Crippen LogP contribution in [0.15, 0.2) is 12.1 Å². The summed E-state index contributed by atoms with van der Waals surface area (Å²) < 4.78 is 25.9. The maximum absolute atomic E-state index is 13.0. The van der Waals surface area contributed by atoms with Crippen molar-refractivity contribution >= 4 is 11.6 Å². The second-order valence-corrected chi connectivity index (χ2v) is 3.93. The van der Waals surface area contributed by atoms with Gasteiger partial charge in [-0.05, 0) is 19.4 Å². The predicted molar refractivity (Wildman–Crippen MR) is 61.6 cm³/mol. The molecule has 2 N–H and O–H groups in total. The minimum Gasteiger partial charge on any atom is -0.393 e. The summed E-state index contributed by atoms with van der Waals surface area (Å²) in [6.07, 6.45) is -0.413. The Balaban J connectivity index is 2.95. The molecule has 8 heteroatoms. The lowest BCUT2D eigenvalue weighted by molar-refractivity contribution is -0.385. The van der Waals surface area contributed by atoms with Gasteiger partial charge in [-0.3, -0.25) is 14.9 Å². The zero-order chi connectivity index (χ0) is 14.6. The minimum absolute atomic E-state index is 0.0622. The summed E-state index contributed by atoms with van der Waals surface area (Å²) in [5, 5.41) is 21.9. The van der Waals surface area contributed by atoms with Gasteiger partial charge >= 0.3 is 0 Å². The number of nitrogens with zero attached hydrogens (tertiary/aromatic N) is 1. The van der Waals surface area contributed by atoms with Crippen molar-refractivity contribution in [3.05, 3.63) is 39.4 Å². The normalized spacial score (nSPS) is 12.0. The number of hydrogen-bond donors (Lipinski definition) is 2. The van der Waals surface area contributed by atoms with Crippen molar-refractivity contribution in [3.8, 4) is 0 Å². The molecule has 19 heavy (non-hydrogen) atoms. The number of rotatable bonds is 5. The van der Waals surface area contributed by atoms with Gasteiger partial charge in [0.25, 0.3) is 11.6 Å². The number of aliphatic hydroxyl groups is 1. The highest BCUT2D eigenvalue weighted by Crippen LogP contribution is 2.22. The first-order chi connectivity index (χ1) is 8.82. The molecule has 6 nitrogen and oxygen atoms in total. The molecule has 0 aliphatic heterocycles. The Hall–Kier alpha value is -2.09. The van der Waals surface area contributed by atoms with Crippen molar-refractivity contribution in [1.29, 1.82) is 0 Å². The Morgan fingerprint density at radius 2 is 2.05 bits per heavy atom. The van der Waals surface area contributed by atoms with Crippen LogP contribution in [0.2, 0.25) is 0 Å². The van der Waals surface area contributed by atoms with Crippen LogP contribution in [-0.2, 0) is 0 Å². The first-order valence-electron chi connectivity index (χ1n) is 5.42. The molecule has 1 unspecified atom stereocenters. The lowest BCUT2D eigenvalue weighted by Crippen LogP contribution is -2.27. The number of aliphatic hydroxyl groups excluding tert-OH is 1. The fraction of sp³-hybridized carbons (Fsp3) is 0.364. The molecule has 0 bridgehead atoms. The third-order valence-electron chi connectivity index (χ3n) is 2.33. The fourth-order valence-corrected chi connectivity index (χ4v) is 1.36. The Kier molecular flexibility index (Phi) is 4.87. The van der Waals surface area contributed by atoms with Gasteiger partial charge in [-0.1, -0.05) is 0 Å². The number of nitro benzene ring substituents is 1. The molecule has 0 radical (unpaired) electrons. The van der Waals surface area contributed by atoms with E-state index in [0.717, 1.165) is 0 Å². The standard InChI is InChI=1S/C11H12F2N2O4/c1-6(16)2-3-14-11(17)7-4-8(12)9(13)5-10(7)15(18)19/h4-6,16H,2-3H2,1H3,(H,14,17). The summed E-state index contributed by atoms with van der Waals surface area (Å²) in [7, 11) is 0. The fourth-order valence-electron chi connectivity index (χ4n) is 1.36. The number of amides is 1. The molecule has 0 aliphatic carbocycles. The third-order valence-corrected chi connectivity index (χ3v) is 2.33. The Labute approximate surface area is 107 Å². The van der Waals surface area contributed by atoms with E-state index in [4.69, 9.17) is 5.11 Å². The number of nitrogens with one attached hydrogen (secondary N) is 1. The van der Waals surface area contributed by atoms with Crippen molar-refractivity contribution in [1.82, 2.24) is 5.32 Å². The second kappa shape index (κ2) is 6.19. The number of nitro groups is 1. The van der Waals surface area contributed by atoms with Crippen LogP contribution in [0.4, 0.5) is 14.5 Å². The number of benzene rings is 1. The molecule has 0 saturated carbocycles. The summed E-state index contributed by atoms with van der Waals surface area (Å²) in [6.45, 7) is 1.57. The van der Waals surface area contributed by atoms with E-state index in [1.807, 2.05) is 0 Å². The lowest BCUT2D eigenvalue weighted by Gasteiger charge is -2.07. The molecular weight excluding hydrogens is 262 g/mol. The van der Waals surface area contributed by atoms with Crippen molar-refractivity contribution in [2.45, 2.75) is 19.4 Å². The zero-order valence-electron chi connectivity index (χ0n) is 10.0. The smallest absolute Gasteiger partial charge is 0.285 e. The Bertz CT molecular complexity index is 506. The van der Waals surface area contributed by atoms with Crippen LogP contribution < -0.4 is 5.32 Å². The van der Waals surface area contributed by atoms with Gasteiger partial charge in [0.15, 0.2) is 11.6 Å². The van der Waals surface area contributed by atoms with E-state index in [1.165, 1.54) is 6.92 Å². The summed E-state index contributed by atoms with van der Waals surface area (Å²) in [6, 6.07) is 0.837. The van der Waals surface area contributed by atoms with Crippen LogP contribution in [0.3, 0.4) is 0 Å². The van der Waals surface area contributed by atoms with Crippen LogP contribution in [0.5, 0.6) is 0 Å². The molecule has 0 heterocycles. The van der Waals surface area contributed by atoms with Crippen LogP contribution in [0.25, 0.3) is 0 Å². The molecular formula is C11H12F2N2O4. The van der Waals surface area contributed by atoms with Crippen molar-refractivity contribution in [2.75, 3.05) is 6.54 Å². The van der Waals surface area contributed by atoms with E-state index >= 15 is 0 Å². The summed E-state index contributed by atoms with van der Waals surface area (Å²) >= 11 is 0. The average Bonchev–Trinajstić information content (AvgIpc) is 2.31. The monoisotopic (exact) mass is 274 g/mol. The lowest BCUT2D eigenvalue weighted by atomic mass is 10.1. The van der Waals surface area contributed by atoms with Gasteiger partial charge in [0.1, 0.15) is 5.56 Å². The molecule has 104 valence electrons. The number of carbonyl (C=O) groups is 1. The van der Waals surface area contributed by atoms with E-state index in [-0.39, 0.29) is 13.0 Å². The van der Waals surface area contributed by atoms with Gasteiger partial charge in [-0.15, -0.1) is 0 Å². The van der Waals surface area contributed by atoms with Gasteiger partial charge in [-0.2, -0.15) is 0 Å². The van der Waals surface area contributed by atoms with E-state index in [9.17, 15) is 23.7 Å². The van der Waals surface area contributed by atoms with Crippen molar-refractivity contribution in [2.24, 2.45) is 0 Å². The highest BCUT2D eigenvalue weighted by atomic mass is 19.2. The molecule has 0 fully saturated rings. The molecule has 0 saturated heterocycles. The van der Waals surface area contributed by atoms with Crippen LogP contribution in [0, 0.1) is 21.7 Å². The summed E-state index contributed by atoms with van der Waals surface area (Å²) in [5.74, 6) is -3.63. The van der Waals surface area contributed by atoms with E-state index in [1.54, 1.807) is 0 Å². The Morgan fingerprint density at radius 1 is 1.47 bits per heavy atom. The van der Waals surface area contributed by atoms with Gasteiger partial charge in [0, 0.05) is 6.54 Å². The van der Waals surface area contributed by atoms with Crippen LogP contribution in [-0.4, -0.2) is 28.6 Å². The molecule has 1 aromatic carbocycles. The van der Waals surface area contributed by atoms with Gasteiger partial charge in [0.2, 0.25) is 0 Å². The van der Waals surface area contributed by atoms with Crippen molar-refractivity contribution < 1.29 is 23.6 Å². The largest absolute Gasteiger partial charge is 0.393 e. The Morgan fingerprint density at radius 3 is 2.58 bits per heavy atom. The third kappa shape index (κ3) is 3.95. The molecule has 1 rings (SSSR count). The van der Waals surface area contributed by atoms with Crippen LogP contribution in [0.1, 0.15) is 23.7 Å². The molecule has 0 aliphatic rings. The highest BCUT2D eigenvalue weighted by molar-refractivity contribution is 5.98. The van der Waals surface area contributed by atoms with E-state index < -0.39 is 39.8 Å². The molecule has 1 atom stereocenters. The zero-order valence-corrected chi connectivity index (χ0v) is 10.0. The first kappa shape index (κ1) is 15.0. The molecule has 1 amide bonds. The highest BCUT2D eigenvalue weighted by Gasteiger charge is 2.23. The summed E-state index contributed by atoms with van der Waals surface area (Å²) in [5.41, 5.74) is -1.37. The summed E-state index contributed by atoms with van der Waals surface area (Å²) in [4.78, 5) is 21.3. The van der Waals surface area contributed by atoms with Crippen molar-refractivity contribution in [3.63, 3.8) is 0 Å². The number of halogens is 2. The average molecular weight is 274 g/mol. The van der Waals surface area contributed by atoms with Gasteiger partial charge in [0.05, 0.1) is 17.1 Å².